The molecule has 1 saturated heterocycles. The van der Waals surface area contributed by atoms with E-state index in [0.717, 1.165) is 51.4 Å². The summed E-state index contributed by atoms with van der Waals surface area (Å²) < 4.78 is 0. The first-order valence-corrected chi connectivity index (χ1v) is 18.9. The summed E-state index contributed by atoms with van der Waals surface area (Å²) in [6.07, 6.45) is 13.9. The molecule has 4 N–H and O–H groups in total. The molecule has 52 heavy (non-hydrogen) atoms. The molecule has 5 atom stereocenters. The van der Waals surface area contributed by atoms with Crippen LogP contribution in [0, 0.1) is 28.6 Å². The van der Waals surface area contributed by atoms with E-state index in [2.05, 4.69) is 37.8 Å². The minimum Gasteiger partial charge on any atom is -0.346 e. The monoisotopic (exact) mass is 721 g/mol. The van der Waals surface area contributed by atoms with Gasteiger partial charge in [0.2, 0.25) is 23.5 Å². The molecule has 1 aromatic rings. The Hall–Kier alpha value is -4.16. The third-order valence-corrected chi connectivity index (χ3v) is 11.0. The molecule has 2 saturated carbocycles. The van der Waals surface area contributed by atoms with E-state index in [-0.39, 0.29) is 42.0 Å². The Morgan fingerprint density at radius 1 is 0.904 bits per heavy atom. The summed E-state index contributed by atoms with van der Waals surface area (Å²) in [5.74, 6) is -3.58. The van der Waals surface area contributed by atoms with Crippen molar-refractivity contribution in [3.8, 4) is 0 Å². The number of rotatable bonds is 14. The molecule has 2 aliphatic carbocycles. The van der Waals surface area contributed by atoms with Crippen molar-refractivity contribution in [1.82, 2.24) is 36.1 Å². The van der Waals surface area contributed by atoms with Crippen LogP contribution in [-0.2, 0) is 24.0 Å². The lowest BCUT2D eigenvalue weighted by Gasteiger charge is -2.40. The molecule has 1 aromatic heterocycles. The van der Waals surface area contributed by atoms with E-state index in [0.29, 0.717) is 12.8 Å². The van der Waals surface area contributed by atoms with Gasteiger partial charge in [-0.25, -0.2) is 4.98 Å². The molecule has 0 radical (unpaired) electrons. The van der Waals surface area contributed by atoms with Crippen LogP contribution in [0.3, 0.4) is 0 Å². The molecule has 3 aliphatic rings. The first-order valence-electron chi connectivity index (χ1n) is 18.9. The zero-order valence-electron chi connectivity index (χ0n) is 31.8. The molecule has 5 amide bonds. The SMILES string of the molecule is C=CCNC(=O)C(=O)C(CC1CCC1)NC(=O)[C@@H]1[C@@H](C(C)(C)C)CCN1C(=O)[C@@H](NC(=O)[C@@H](NC(=O)c1cnccn1)C1CCCCC1)C(C)(C)C. The van der Waals surface area contributed by atoms with Gasteiger partial charge in [-0.1, -0.05) is 86.1 Å². The van der Waals surface area contributed by atoms with Gasteiger partial charge >= 0.3 is 0 Å². The molecule has 13 nitrogen and oxygen atoms in total. The van der Waals surface area contributed by atoms with Crippen LogP contribution in [0.5, 0.6) is 0 Å². The van der Waals surface area contributed by atoms with Crippen LogP contribution in [0.4, 0.5) is 0 Å². The molecule has 0 bridgehead atoms. The molecule has 286 valence electrons. The quantitative estimate of drug-likeness (QED) is 0.167. The first-order chi connectivity index (χ1) is 24.5. The van der Waals surface area contributed by atoms with Crippen molar-refractivity contribution < 1.29 is 28.8 Å². The average Bonchev–Trinajstić information content (AvgIpc) is 3.55. The van der Waals surface area contributed by atoms with Gasteiger partial charge in [0.25, 0.3) is 11.8 Å². The number of Topliss-reactive ketones (excluding diaryl/α,β-unsaturated/α-hetero) is 1. The lowest BCUT2D eigenvalue weighted by Crippen LogP contribution is -2.62. The number of hydrogen-bond acceptors (Lipinski definition) is 8. The minimum atomic E-state index is -1.04. The van der Waals surface area contributed by atoms with Gasteiger partial charge in [0.05, 0.1) is 12.2 Å². The number of aromatic nitrogens is 2. The number of nitrogens with one attached hydrogen (secondary N) is 4. The van der Waals surface area contributed by atoms with E-state index >= 15 is 0 Å². The maximum absolute atomic E-state index is 14.7. The van der Waals surface area contributed by atoms with Gasteiger partial charge in [-0.05, 0) is 54.3 Å². The third kappa shape index (κ3) is 10.2. The van der Waals surface area contributed by atoms with Gasteiger partial charge in [-0.2, -0.15) is 0 Å². The second-order valence-corrected chi connectivity index (χ2v) is 16.9. The number of hydrogen-bond donors (Lipinski definition) is 4. The van der Waals surface area contributed by atoms with E-state index in [1.165, 1.54) is 29.6 Å². The maximum Gasteiger partial charge on any atom is 0.289 e. The highest BCUT2D eigenvalue weighted by Crippen LogP contribution is 2.40. The van der Waals surface area contributed by atoms with Gasteiger partial charge in [-0.15, -0.1) is 6.58 Å². The summed E-state index contributed by atoms with van der Waals surface area (Å²) >= 11 is 0. The van der Waals surface area contributed by atoms with Crippen LogP contribution < -0.4 is 21.3 Å². The molecule has 1 aliphatic heterocycles. The Kier molecular flexibility index (Phi) is 13.7. The second kappa shape index (κ2) is 17.6. The van der Waals surface area contributed by atoms with E-state index in [4.69, 9.17) is 0 Å². The van der Waals surface area contributed by atoms with Gasteiger partial charge in [-0.3, -0.25) is 33.8 Å². The van der Waals surface area contributed by atoms with E-state index in [1.807, 2.05) is 41.5 Å². The van der Waals surface area contributed by atoms with Gasteiger partial charge < -0.3 is 26.2 Å². The summed E-state index contributed by atoms with van der Waals surface area (Å²) in [6.45, 7) is 15.6. The maximum atomic E-state index is 14.7. The molecule has 13 heteroatoms. The molecule has 1 unspecified atom stereocenters. The molecular formula is C39H59N7O6. The highest BCUT2D eigenvalue weighted by Gasteiger charge is 2.50. The van der Waals surface area contributed by atoms with Crippen molar-refractivity contribution in [2.45, 2.75) is 130 Å². The number of carbonyl (C=O) groups excluding carboxylic acids is 6. The van der Waals surface area contributed by atoms with Crippen LogP contribution >= 0.6 is 0 Å². The summed E-state index contributed by atoms with van der Waals surface area (Å²) in [7, 11) is 0. The van der Waals surface area contributed by atoms with Crippen LogP contribution in [0.2, 0.25) is 0 Å². The fourth-order valence-corrected chi connectivity index (χ4v) is 7.77. The Morgan fingerprint density at radius 2 is 1.60 bits per heavy atom. The molecular weight excluding hydrogens is 662 g/mol. The van der Waals surface area contributed by atoms with Crippen LogP contribution in [-0.4, -0.2) is 87.4 Å². The van der Waals surface area contributed by atoms with Crippen LogP contribution in [0.25, 0.3) is 0 Å². The van der Waals surface area contributed by atoms with Crippen molar-refractivity contribution in [1.29, 1.82) is 0 Å². The predicted octanol–water partition coefficient (Wildman–Crippen LogP) is 3.50. The normalized spacial score (nSPS) is 21.5. The average molecular weight is 722 g/mol. The zero-order valence-corrected chi connectivity index (χ0v) is 31.8. The predicted molar refractivity (Wildman–Crippen MR) is 196 cm³/mol. The van der Waals surface area contributed by atoms with Crippen LogP contribution in [0.15, 0.2) is 31.2 Å². The van der Waals surface area contributed by atoms with Crippen LogP contribution in [0.1, 0.15) is 116 Å². The summed E-state index contributed by atoms with van der Waals surface area (Å²) in [5.41, 5.74) is -1.07. The third-order valence-electron chi connectivity index (χ3n) is 11.0. The fraction of sp³-hybridized carbons (Fsp3) is 0.692. The number of ketones is 1. The second-order valence-electron chi connectivity index (χ2n) is 16.9. The summed E-state index contributed by atoms with van der Waals surface area (Å²) in [4.78, 5) is 92.3. The van der Waals surface area contributed by atoms with E-state index < -0.39 is 64.9 Å². The lowest BCUT2D eigenvalue weighted by atomic mass is 9.75. The highest BCUT2D eigenvalue weighted by atomic mass is 16.2. The molecule has 0 spiro atoms. The standard InChI is InChI=1S/C39H59N7O6/c1-8-18-42-36(51)31(47)27(22-24-13-12-14-24)43-35(50)30-26(38(2,3)4)17-21-46(30)37(52)32(39(5,6)7)45-34(49)29(25-15-10-9-11-16-25)44-33(48)28-23-40-19-20-41-28/h8,19-20,23-27,29-30,32H,1,9-18,21-22H2,2-7H3,(H,42,51)(H,43,50)(H,44,48)(H,45,49)/t26-,27?,29-,30-,32+/m0/s1. The highest BCUT2D eigenvalue weighted by molar-refractivity contribution is 6.38. The lowest BCUT2D eigenvalue weighted by molar-refractivity contribution is -0.147. The number of carbonyl (C=O) groups is 6. The number of amides is 5. The smallest absolute Gasteiger partial charge is 0.289 e. The molecule has 0 aromatic carbocycles. The van der Waals surface area contributed by atoms with Gasteiger partial charge in [0.15, 0.2) is 0 Å². The van der Waals surface area contributed by atoms with Crippen molar-refractivity contribution in [2.24, 2.45) is 28.6 Å². The molecule has 3 fully saturated rings. The molecule has 2 heterocycles. The number of likely N-dealkylation sites (tertiary alicyclic amines) is 1. The van der Waals surface area contributed by atoms with Gasteiger partial charge in [0, 0.05) is 25.5 Å². The van der Waals surface area contributed by atoms with Crippen molar-refractivity contribution >= 4 is 35.3 Å². The van der Waals surface area contributed by atoms with E-state index in [1.54, 1.807) is 0 Å². The summed E-state index contributed by atoms with van der Waals surface area (Å²) in [5, 5.41) is 11.3. The van der Waals surface area contributed by atoms with Crippen molar-refractivity contribution in [3.63, 3.8) is 0 Å². The van der Waals surface area contributed by atoms with Gasteiger partial charge in [0.1, 0.15) is 23.8 Å². The largest absolute Gasteiger partial charge is 0.346 e. The Bertz CT molecular complexity index is 1460. The summed E-state index contributed by atoms with van der Waals surface area (Å²) in [6, 6.07) is -3.91. The first kappa shape index (κ1) is 40.6. The molecule has 4 rings (SSSR count). The van der Waals surface area contributed by atoms with Crippen molar-refractivity contribution in [2.75, 3.05) is 13.1 Å². The Morgan fingerprint density at radius 3 is 2.15 bits per heavy atom. The zero-order chi connectivity index (χ0) is 38.2. The number of nitrogens with zero attached hydrogens (tertiary/aromatic N) is 3. The Labute approximate surface area is 308 Å². The topological polar surface area (TPSA) is 180 Å². The van der Waals surface area contributed by atoms with E-state index in [9.17, 15) is 28.8 Å². The van der Waals surface area contributed by atoms with Crippen molar-refractivity contribution in [3.05, 3.63) is 36.9 Å². The minimum absolute atomic E-state index is 0.0889. The fourth-order valence-electron chi connectivity index (χ4n) is 7.77. The Balaban J connectivity index is 1.61.